The van der Waals surface area contributed by atoms with Gasteiger partial charge in [0.15, 0.2) is 5.82 Å². The van der Waals surface area contributed by atoms with Gasteiger partial charge in [-0.05, 0) is 13.0 Å². The van der Waals surface area contributed by atoms with E-state index in [1.165, 1.54) is 22.9 Å². The molecule has 0 aliphatic rings. The Morgan fingerprint density at radius 2 is 2.14 bits per heavy atom. The number of hydrogen-bond acceptors (Lipinski definition) is 5. The standard InChI is InChI=1S/C15H20N4O3/c1-5-19(9-12-16-14(10(2)3)17-22-12)15(21)11-6-7-13(20)18(4)8-11/h6-8,10H,5,9H2,1-4H3. The van der Waals surface area contributed by atoms with Crippen LogP contribution < -0.4 is 5.56 Å². The van der Waals surface area contributed by atoms with Crippen LogP contribution >= 0.6 is 0 Å². The van der Waals surface area contributed by atoms with Gasteiger partial charge in [-0.3, -0.25) is 9.59 Å². The fourth-order valence-electron chi connectivity index (χ4n) is 1.96. The smallest absolute Gasteiger partial charge is 0.255 e. The van der Waals surface area contributed by atoms with Gasteiger partial charge >= 0.3 is 0 Å². The summed E-state index contributed by atoms with van der Waals surface area (Å²) < 4.78 is 6.56. The first-order valence-corrected chi connectivity index (χ1v) is 7.20. The van der Waals surface area contributed by atoms with Crippen LogP contribution in [-0.4, -0.2) is 32.1 Å². The number of rotatable bonds is 5. The number of nitrogens with zero attached hydrogens (tertiary/aromatic N) is 4. The number of carbonyl (C=O) groups is 1. The average Bonchev–Trinajstić information content (AvgIpc) is 2.96. The zero-order valence-corrected chi connectivity index (χ0v) is 13.2. The summed E-state index contributed by atoms with van der Waals surface area (Å²) in [5, 5.41) is 3.89. The molecule has 0 aliphatic heterocycles. The third-order valence-corrected chi connectivity index (χ3v) is 3.33. The minimum absolute atomic E-state index is 0.155. The van der Waals surface area contributed by atoms with E-state index in [-0.39, 0.29) is 23.9 Å². The maximum Gasteiger partial charge on any atom is 0.255 e. The molecule has 2 aromatic rings. The van der Waals surface area contributed by atoms with Crippen LogP contribution in [0.3, 0.4) is 0 Å². The van der Waals surface area contributed by atoms with Gasteiger partial charge in [0.05, 0.1) is 5.56 Å². The Hall–Kier alpha value is -2.44. The first-order chi connectivity index (χ1) is 10.4. The maximum absolute atomic E-state index is 12.5. The summed E-state index contributed by atoms with van der Waals surface area (Å²) in [6, 6.07) is 2.91. The lowest BCUT2D eigenvalue weighted by atomic mass is 10.2. The van der Waals surface area contributed by atoms with Crippen LogP contribution in [0.25, 0.3) is 0 Å². The molecule has 0 N–H and O–H groups in total. The number of aryl methyl sites for hydroxylation is 1. The van der Waals surface area contributed by atoms with E-state index in [2.05, 4.69) is 10.1 Å². The van der Waals surface area contributed by atoms with Crippen molar-refractivity contribution in [2.24, 2.45) is 7.05 Å². The highest BCUT2D eigenvalue weighted by molar-refractivity contribution is 5.93. The van der Waals surface area contributed by atoms with Gasteiger partial charge in [-0.25, -0.2) is 0 Å². The molecule has 2 heterocycles. The maximum atomic E-state index is 12.5. The highest BCUT2D eigenvalue weighted by Crippen LogP contribution is 2.12. The number of aromatic nitrogens is 3. The van der Waals surface area contributed by atoms with Gasteiger partial charge in [-0.2, -0.15) is 4.98 Å². The van der Waals surface area contributed by atoms with Crippen LogP contribution in [0.2, 0.25) is 0 Å². The molecule has 0 radical (unpaired) electrons. The van der Waals surface area contributed by atoms with Crippen LogP contribution in [0.15, 0.2) is 27.6 Å². The zero-order valence-electron chi connectivity index (χ0n) is 13.2. The second-order valence-electron chi connectivity index (χ2n) is 5.39. The summed E-state index contributed by atoms with van der Waals surface area (Å²) >= 11 is 0. The van der Waals surface area contributed by atoms with Gasteiger partial charge in [0, 0.05) is 31.8 Å². The molecule has 7 nitrogen and oxygen atoms in total. The molecule has 0 fully saturated rings. The van der Waals surface area contributed by atoms with Gasteiger partial charge in [-0.1, -0.05) is 19.0 Å². The van der Waals surface area contributed by atoms with E-state index in [9.17, 15) is 9.59 Å². The summed E-state index contributed by atoms with van der Waals surface area (Å²) in [5.41, 5.74) is 0.297. The van der Waals surface area contributed by atoms with E-state index in [4.69, 9.17) is 4.52 Å². The Labute approximate surface area is 128 Å². The van der Waals surface area contributed by atoms with Crippen LogP contribution in [0, 0.1) is 0 Å². The molecule has 1 amide bonds. The van der Waals surface area contributed by atoms with E-state index in [0.717, 1.165) is 0 Å². The number of amides is 1. The Morgan fingerprint density at radius 1 is 1.41 bits per heavy atom. The Balaban J connectivity index is 2.17. The van der Waals surface area contributed by atoms with E-state index >= 15 is 0 Å². The Kier molecular flexibility index (Phi) is 4.75. The van der Waals surface area contributed by atoms with E-state index in [0.29, 0.717) is 23.8 Å². The topological polar surface area (TPSA) is 81.2 Å². The molecule has 0 unspecified atom stereocenters. The van der Waals surface area contributed by atoms with Gasteiger partial charge in [-0.15, -0.1) is 0 Å². The molecule has 2 aromatic heterocycles. The van der Waals surface area contributed by atoms with E-state index in [1.807, 2.05) is 20.8 Å². The molecular formula is C15H20N4O3. The molecule has 118 valence electrons. The van der Waals surface area contributed by atoms with Crippen LogP contribution in [0.5, 0.6) is 0 Å². The number of pyridine rings is 1. The minimum Gasteiger partial charge on any atom is -0.337 e. The molecule has 2 rings (SSSR count). The van der Waals surface area contributed by atoms with Crippen molar-refractivity contribution in [1.29, 1.82) is 0 Å². The van der Waals surface area contributed by atoms with Crippen molar-refractivity contribution >= 4 is 5.91 Å². The molecule has 0 spiro atoms. The van der Waals surface area contributed by atoms with Crippen molar-refractivity contribution in [2.45, 2.75) is 33.2 Å². The van der Waals surface area contributed by atoms with Crippen LogP contribution in [0.1, 0.15) is 48.8 Å². The number of carbonyl (C=O) groups excluding carboxylic acids is 1. The van der Waals surface area contributed by atoms with Crippen molar-refractivity contribution in [2.75, 3.05) is 6.54 Å². The second-order valence-corrected chi connectivity index (χ2v) is 5.39. The summed E-state index contributed by atoms with van der Waals surface area (Å²) in [7, 11) is 1.61. The van der Waals surface area contributed by atoms with Crippen molar-refractivity contribution in [3.05, 3.63) is 46.0 Å². The number of hydrogen-bond donors (Lipinski definition) is 0. The molecular weight excluding hydrogens is 284 g/mol. The highest BCUT2D eigenvalue weighted by atomic mass is 16.5. The predicted octanol–water partition coefficient (Wildman–Crippen LogP) is 1.55. The molecule has 7 heteroatoms. The van der Waals surface area contributed by atoms with Gasteiger partial charge in [0.1, 0.15) is 6.54 Å². The molecule has 0 bridgehead atoms. The first kappa shape index (κ1) is 15.9. The normalized spacial score (nSPS) is 11.0. The van der Waals surface area contributed by atoms with Gasteiger partial charge < -0.3 is 14.0 Å². The summed E-state index contributed by atoms with van der Waals surface area (Å²) in [6.07, 6.45) is 1.53. The van der Waals surface area contributed by atoms with Crippen LogP contribution in [0.4, 0.5) is 0 Å². The lowest BCUT2D eigenvalue weighted by Gasteiger charge is -2.19. The highest BCUT2D eigenvalue weighted by Gasteiger charge is 2.19. The fraction of sp³-hybridized carbons (Fsp3) is 0.467. The fourth-order valence-corrected chi connectivity index (χ4v) is 1.96. The average molecular weight is 304 g/mol. The van der Waals surface area contributed by atoms with Crippen LogP contribution in [-0.2, 0) is 13.6 Å². The van der Waals surface area contributed by atoms with E-state index < -0.39 is 0 Å². The zero-order chi connectivity index (χ0) is 16.3. The first-order valence-electron chi connectivity index (χ1n) is 7.20. The summed E-state index contributed by atoms with van der Waals surface area (Å²) in [6.45, 7) is 6.57. The molecule has 0 saturated carbocycles. The summed E-state index contributed by atoms with van der Waals surface area (Å²) in [5.74, 6) is 1.03. The molecule has 0 aromatic carbocycles. The summed E-state index contributed by atoms with van der Waals surface area (Å²) in [4.78, 5) is 29.8. The third kappa shape index (κ3) is 3.41. The van der Waals surface area contributed by atoms with Crippen molar-refractivity contribution < 1.29 is 9.32 Å². The predicted molar refractivity (Wildman–Crippen MR) is 80.5 cm³/mol. The minimum atomic E-state index is -0.178. The van der Waals surface area contributed by atoms with Crippen molar-refractivity contribution in [3.8, 4) is 0 Å². The Morgan fingerprint density at radius 3 is 2.68 bits per heavy atom. The van der Waals surface area contributed by atoms with E-state index in [1.54, 1.807) is 11.9 Å². The Bertz CT molecular complexity index is 718. The van der Waals surface area contributed by atoms with Gasteiger partial charge in [0.25, 0.3) is 5.91 Å². The quantitative estimate of drug-likeness (QED) is 0.837. The lowest BCUT2D eigenvalue weighted by Crippen LogP contribution is -2.31. The molecule has 0 aliphatic carbocycles. The molecule has 22 heavy (non-hydrogen) atoms. The third-order valence-electron chi connectivity index (χ3n) is 3.33. The van der Waals surface area contributed by atoms with Crippen molar-refractivity contribution in [1.82, 2.24) is 19.6 Å². The second kappa shape index (κ2) is 6.55. The van der Waals surface area contributed by atoms with Crippen molar-refractivity contribution in [3.63, 3.8) is 0 Å². The lowest BCUT2D eigenvalue weighted by molar-refractivity contribution is 0.0733. The molecule has 0 atom stereocenters. The largest absolute Gasteiger partial charge is 0.337 e. The molecule has 0 saturated heterocycles. The SMILES string of the molecule is CCN(Cc1nc(C(C)C)no1)C(=O)c1ccc(=O)n(C)c1. The monoisotopic (exact) mass is 304 g/mol. The van der Waals surface area contributed by atoms with Gasteiger partial charge in [0.2, 0.25) is 11.4 Å².